The molecule has 3 nitrogen and oxygen atoms in total. The molecule has 15 heavy (non-hydrogen) atoms. The zero-order valence-corrected chi connectivity index (χ0v) is 8.15. The maximum atomic E-state index is 12.0. The number of phenolic OH excluding ortho intramolecular Hbond substituents is 1. The molecule has 82 valence electrons. The first-order valence-corrected chi connectivity index (χ1v) is 4.33. The van der Waals surface area contributed by atoms with Gasteiger partial charge in [-0.1, -0.05) is 0 Å². The van der Waals surface area contributed by atoms with E-state index < -0.39 is 18.9 Å². The molecule has 0 aromatic heterocycles. The van der Waals surface area contributed by atoms with E-state index >= 15 is 0 Å². The van der Waals surface area contributed by atoms with E-state index in [2.05, 4.69) is 0 Å². The van der Waals surface area contributed by atoms with Crippen molar-refractivity contribution < 1.29 is 18.7 Å². The summed E-state index contributed by atoms with van der Waals surface area (Å²) in [7, 11) is 1.31. The van der Waals surface area contributed by atoms with E-state index in [4.69, 9.17) is 5.11 Å². The standard InChI is InChI=1S/C10H11F2NO2/c1-13(6-9(11)12)10(15)7-2-4-8(14)5-3-7/h2-5,9,14H,6H2,1H3. The normalized spacial score (nSPS) is 10.4. The van der Waals surface area contributed by atoms with Crippen LogP contribution in [0.1, 0.15) is 10.4 Å². The van der Waals surface area contributed by atoms with Crippen LogP contribution in [0, 0.1) is 0 Å². The van der Waals surface area contributed by atoms with Crippen molar-refractivity contribution in [2.24, 2.45) is 0 Å². The van der Waals surface area contributed by atoms with Crippen LogP contribution in [-0.4, -0.2) is 35.9 Å². The van der Waals surface area contributed by atoms with Crippen molar-refractivity contribution in [2.75, 3.05) is 13.6 Å². The molecule has 0 aliphatic rings. The molecule has 0 atom stereocenters. The number of hydrogen-bond donors (Lipinski definition) is 1. The zero-order valence-electron chi connectivity index (χ0n) is 8.15. The van der Waals surface area contributed by atoms with Crippen molar-refractivity contribution in [1.82, 2.24) is 4.90 Å². The molecule has 0 fully saturated rings. The Morgan fingerprint density at radius 3 is 2.40 bits per heavy atom. The van der Waals surface area contributed by atoms with Crippen molar-refractivity contribution in [3.63, 3.8) is 0 Å². The Morgan fingerprint density at radius 2 is 1.93 bits per heavy atom. The monoisotopic (exact) mass is 215 g/mol. The van der Waals surface area contributed by atoms with E-state index in [-0.39, 0.29) is 11.3 Å². The Balaban J connectivity index is 2.72. The highest BCUT2D eigenvalue weighted by Crippen LogP contribution is 2.11. The number of carbonyl (C=O) groups excluding carboxylic acids is 1. The highest BCUT2D eigenvalue weighted by molar-refractivity contribution is 5.94. The molecular weight excluding hydrogens is 204 g/mol. The zero-order chi connectivity index (χ0) is 11.4. The molecule has 0 spiro atoms. The van der Waals surface area contributed by atoms with Gasteiger partial charge in [0.05, 0.1) is 6.54 Å². The van der Waals surface area contributed by atoms with E-state index in [1.54, 1.807) is 0 Å². The quantitative estimate of drug-likeness (QED) is 0.834. The molecule has 5 heteroatoms. The number of alkyl halides is 2. The summed E-state index contributed by atoms with van der Waals surface area (Å²) in [6, 6.07) is 5.45. The van der Waals surface area contributed by atoms with Crippen molar-refractivity contribution in [2.45, 2.75) is 6.43 Å². The van der Waals surface area contributed by atoms with Gasteiger partial charge in [-0.2, -0.15) is 0 Å². The minimum Gasteiger partial charge on any atom is -0.508 e. The maximum Gasteiger partial charge on any atom is 0.255 e. The number of benzene rings is 1. The number of carbonyl (C=O) groups is 1. The van der Waals surface area contributed by atoms with Crippen molar-refractivity contribution in [3.05, 3.63) is 29.8 Å². The summed E-state index contributed by atoms with van der Waals surface area (Å²) in [6.45, 7) is -0.598. The van der Waals surface area contributed by atoms with Crippen molar-refractivity contribution >= 4 is 5.91 Å². The minimum atomic E-state index is -2.55. The second-order valence-electron chi connectivity index (χ2n) is 3.12. The fourth-order valence-corrected chi connectivity index (χ4v) is 1.11. The maximum absolute atomic E-state index is 12.0. The predicted molar refractivity (Wildman–Crippen MR) is 51.1 cm³/mol. The van der Waals surface area contributed by atoms with Gasteiger partial charge >= 0.3 is 0 Å². The van der Waals surface area contributed by atoms with Gasteiger partial charge in [-0.05, 0) is 24.3 Å². The number of rotatable bonds is 3. The van der Waals surface area contributed by atoms with E-state index in [0.29, 0.717) is 0 Å². The van der Waals surface area contributed by atoms with Gasteiger partial charge in [0.1, 0.15) is 5.75 Å². The van der Waals surface area contributed by atoms with E-state index in [1.165, 1.54) is 31.3 Å². The molecule has 0 heterocycles. The van der Waals surface area contributed by atoms with E-state index in [1.807, 2.05) is 0 Å². The first-order valence-electron chi connectivity index (χ1n) is 4.33. The summed E-state index contributed by atoms with van der Waals surface area (Å²) in [4.78, 5) is 12.4. The number of aromatic hydroxyl groups is 1. The SMILES string of the molecule is CN(CC(F)F)C(=O)c1ccc(O)cc1. The highest BCUT2D eigenvalue weighted by atomic mass is 19.3. The number of halogens is 2. The summed E-state index contributed by atoms with van der Waals surface area (Å²) in [5, 5.41) is 8.98. The average Bonchev–Trinajstić information content (AvgIpc) is 2.17. The van der Waals surface area contributed by atoms with Crippen LogP contribution in [0.2, 0.25) is 0 Å². The first kappa shape index (κ1) is 11.4. The van der Waals surface area contributed by atoms with Gasteiger partial charge in [0.2, 0.25) is 0 Å². The Labute approximate surface area is 85.9 Å². The van der Waals surface area contributed by atoms with Gasteiger partial charge in [0, 0.05) is 12.6 Å². The third kappa shape index (κ3) is 3.19. The summed E-state index contributed by atoms with van der Waals surface area (Å²) >= 11 is 0. The molecule has 0 radical (unpaired) electrons. The molecule has 1 rings (SSSR count). The van der Waals surface area contributed by atoms with Gasteiger partial charge in [0.15, 0.2) is 0 Å². The lowest BCUT2D eigenvalue weighted by atomic mass is 10.2. The van der Waals surface area contributed by atoms with Gasteiger partial charge in [-0.3, -0.25) is 4.79 Å². The van der Waals surface area contributed by atoms with Gasteiger partial charge in [-0.15, -0.1) is 0 Å². The second-order valence-corrected chi connectivity index (χ2v) is 3.12. The third-order valence-corrected chi connectivity index (χ3v) is 1.87. The van der Waals surface area contributed by atoms with Gasteiger partial charge < -0.3 is 10.0 Å². The molecule has 1 amide bonds. The average molecular weight is 215 g/mol. The van der Waals surface area contributed by atoms with E-state index in [9.17, 15) is 13.6 Å². The topological polar surface area (TPSA) is 40.5 Å². The summed E-state index contributed by atoms with van der Waals surface area (Å²) in [6.07, 6.45) is -2.55. The van der Waals surface area contributed by atoms with Crippen LogP contribution in [0.15, 0.2) is 24.3 Å². The molecule has 0 unspecified atom stereocenters. The molecule has 0 bridgehead atoms. The lowest BCUT2D eigenvalue weighted by Crippen LogP contribution is -2.31. The van der Waals surface area contributed by atoms with Crippen LogP contribution in [0.5, 0.6) is 5.75 Å². The van der Waals surface area contributed by atoms with Crippen LogP contribution in [0.25, 0.3) is 0 Å². The number of hydrogen-bond acceptors (Lipinski definition) is 2. The Morgan fingerprint density at radius 1 is 1.40 bits per heavy atom. The fourth-order valence-electron chi connectivity index (χ4n) is 1.11. The Kier molecular flexibility index (Phi) is 3.60. The number of phenols is 1. The highest BCUT2D eigenvalue weighted by Gasteiger charge is 2.15. The minimum absolute atomic E-state index is 0.0306. The van der Waals surface area contributed by atoms with Crippen LogP contribution >= 0.6 is 0 Å². The number of amides is 1. The Bertz CT molecular complexity index is 338. The van der Waals surface area contributed by atoms with Crippen molar-refractivity contribution in [3.8, 4) is 5.75 Å². The van der Waals surface area contributed by atoms with Crippen molar-refractivity contribution in [1.29, 1.82) is 0 Å². The lowest BCUT2D eigenvalue weighted by Gasteiger charge is -2.16. The first-order chi connectivity index (χ1) is 7.00. The van der Waals surface area contributed by atoms with Gasteiger partial charge in [-0.25, -0.2) is 8.78 Å². The molecule has 1 aromatic carbocycles. The lowest BCUT2D eigenvalue weighted by molar-refractivity contribution is 0.0620. The summed E-state index contributed by atoms with van der Waals surface area (Å²) in [5.74, 6) is -0.460. The van der Waals surface area contributed by atoms with E-state index in [0.717, 1.165) is 4.90 Å². The van der Waals surface area contributed by atoms with Crippen LogP contribution in [0.3, 0.4) is 0 Å². The molecule has 0 saturated carbocycles. The molecule has 1 aromatic rings. The predicted octanol–water partition coefficient (Wildman–Crippen LogP) is 1.73. The van der Waals surface area contributed by atoms with Crippen LogP contribution in [-0.2, 0) is 0 Å². The smallest absolute Gasteiger partial charge is 0.255 e. The Hall–Kier alpha value is -1.65. The second kappa shape index (κ2) is 4.72. The number of nitrogens with zero attached hydrogens (tertiary/aromatic N) is 1. The third-order valence-electron chi connectivity index (χ3n) is 1.87. The van der Waals surface area contributed by atoms with Crippen LogP contribution < -0.4 is 0 Å². The molecular formula is C10H11F2NO2. The molecule has 0 saturated heterocycles. The van der Waals surface area contributed by atoms with Gasteiger partial charge in [0.25, 0.3) is 12.3 Å². The summed E-state index contributed by atoms with van der Waals surface area (Å²) in [5.41, 5.74) is 0.274. The molecule has 1 N–H and O–H groups in total. The largest absolute Gasteiger partial charge is 0.508 e. The fraction of sp³-hybridized carbons (Fsp3) is 0.300. The molecule has 0 aliphatic carbocycles. The van der Waals surface area contributed by atoms with Crippen LogP contribution in [0.4, 0.5) is 8.78 Å². The summed E-state index contributed by atoms with van der Waals surface area (Å²) < 4.78 is 24.0. The molecule has 0 aliphatic heterocycles.